The molecule has 1 N–H and O–H groups in total. The second-order valence-electron chi connectivity index (χ2n) is 6.94. The maximum Gasteiger partial charge on any atom is 0.223 e. The molecule has 1 amide bonds. The van der Waals surface area contributed by atoms with Crippen LogP contribution >= 0.6 is 12.4 Å². The highest BCUT2D eigenvalue weighted by atomic mass is 35.5. The van der Waals surface area contributed by atoms with Crippen molar-refractivity contribution in [1.82, 2.24) is 15.1 Å². The fourth-order valence-corrected chi connectivity index (χ4v) is 3.39. The highest BCUT2D eigenvalue weighted by Crippen LogP contribution is 2.32. The number of nitrogens with zero attached hydrogens (tertiary/aromatic N) is 2. The lowest BCUT2D eigenvalue weighted by Gasteiger charge is -2.35. The minimum Gasteiger partial charge on any atom is -0.340 e. The van der Waals surface area contributed by atoms with E-state index in [2.05, 4.69) is 31.0 Å². The summed E-state index contributed by atoms with van der Waals surface area (Å²) in [6, 6.07) is 0.642. The molecule has 4 nitrogen and oxygen atoms in total. The highest BCUT2D eigenvalue weighted by molar-refractivity contribution is 5.85. The summed E-state index contributed by atoms with van der Waals surface area (Å²) in [6.07, 6.45) is 3.25. The van der Waals surface area contributed by atoms with Crippen molar-refractivity contribution in [3.8, 4) is 0 Å². The topological polar surface area (TPSA) is 35.6 Å². The molecule has 2 aliphatic rings. The Balaban J connectivity index is 0.00000200. The Kier molecular flexibility index (Phi) is 6.76. The van der Waals surface area contributed by atoms with Crippen LogP contribution in [0.5, 0.6) is 0 Å². The van der Waals surface area contributed by atoms with Crippen molar-refractivity contribution in [1.29, 1.82) is 0 Å². The number of carbonyl (C=O) groups excluding carboxylic acids is 1. The van der Waals surface area contributed by atoms with Gasteiger partial charge in [-0.3, -0.25) is 9.69 Å². The average molecular weight is 304 g/mol. The van der Waals surface area contributed by atoms with Crippen molar-refractivity contribution in [3.05, 3.63) is 0 Å². The molecule has 2 aliphatic heterocycles. The van der Waals surface area contributed by atoms with Crippen molar-refractivity contribution in [3.63, 3.8) is 0 Å². The maximum absolute atomic E-state index is 12.2. The fraction of sp³-hybridized carbons (Fsp3) is 0.933. The Morgan fingerprint density at radius 1 is 1.20 bits per heavy atom. The third kappa shape index (κ3) is 4.61. The molecule has 0 saturated carbocycles. The Morgan fingerprint density at radius 3 is 2.45 bits per heavy atom. The first-order valence-electron chi connectivity index (χ1n) is 7.71. The van der Waals surface area contributed by atoms with E-state index in [-0.39, 0.29) is 12.4 Å². The first-order valence-corrected chi connectivity index (χ1v) is 7.71. The highest BCUT2D eigenvalue weighted by Gasteiger charge is 2.34. The van der Waals surface area contributed by atoms with Gasteiger partial charge in [-0.25, -0.2) is 0 Å². The van der Waals surface area contributed by atoms with Crippen LogP contribution in [0.2, 0.25) is 0 Å². The molecule has 0 aliphatic carbocycles. The van der Waals surface area contributed by atoms with E-state index >= 15 is 0 Å². The van der Waals surface area contributed by atoms with Gasteiger partial charge in [0.2, 0.25) is 5.91 Å². The van der Waals surface area contributed by atoms with Gasteiger partial charge >= 0.3 is 0 Å². The van der Waals surface area contributed by atoms with Gasteiger partial charge in [-0.05, 0) is 24.8 Å². The lowest BCUT2D eigenvalue weighted by atomic mass is 9.85. The first-order chi connectivity index (χ1) is 8.98. The summed E-state index contributed by atoms with van der Waals surface area (Å²) in [6.45, 7) is 12.7. The normalized spacial score (nSPS) is 24.6. The average Bonchev–Trinajstić information content (AvgIpc) is 2.85. The molecule has 0 bridgehead atoms. The van der Waals surface area contributed by atoms with Gasteiger partial charge in [0.05, 0.1) is 0 Å². The predicted molar refractivity (Wildman–Crippen MR) is 85.4 cm³/mol. The van der Waals surface area contributed by atoms with Crippen LogP contribution in [-0.4, -0.2) is 61.0 Å². The monoisotopic (exact) mass is 303 g/mol. The molecule has 0 aromatic heterocycles. The number of amides is 1. The molecular weight excluding hydrogens is 274 g/mol. The molecule has 2 fully saturated rings. The summed E-state index contributed by atoms with van der Waals surface area (Å²) in [7, 11) is 0. The summed E-state index contributed by atoms with van der Waals surface area (Å²) in [4.78, 5) is 16.7. The van der Waals surface area contributed by atoms with Crippen LogP contribution in [0.15, 0.2) is 0 Å². The minimum absolute atomic E-state index is 0. The van der Waals surface area contributed by atoms with Crippen LogP contribution in [0.3, 0.4) is 0 Å². The third-order valence-corrected chi connectivity index (χ3v) is 4.45. The molecule has 1 unspecified atom stereocenters. The number of rotatable bonds is 3. The Labute approximate surface area is 129 Å². The van der Waals surface area contributed by atoms with Gasteiger partial charge in [0, 0.05) is 45.2 Å². The van der Waals surface area contributed by atoms with Crippen molar-refractivity contribution < 1.29 is 4.79 Å². The molecule has 20 heavy (non-hydrogen) atoms. The summed E-state index contributed by atoms with van der Waals surface area (Å²) in [5.41, 5.74) is 0.328. The van der Waals surface area contributed by atoms with E-state index in [1.165, 1.54) is 12.8 Å². The second kappa shape index (κ2) is 7.62. The molecule has 2 heterocycles. The van der Waals surface area contributed by atoms with Crippen LogP contribution in [0.1, 0.15) is 40.0 Å². The lowest BCUT2D eigenvalue weighted by Crippen LogP contribution is -2.47. The smallest absolute Gasteiger partial charge is 0.223 e. The number of hydrogen-bond acceptors (Lipinski definition) is 3. The zero-order valence-electron chi connectivity index (χ0n) is 13.2. The quantitative estimate of drug-likeness (QED) is 0.863. The number of nitrogens with one attached hydrogen (secondary N) is 1. The Hall–Kier alpha value is -0.320. The molecule has 0 spiro atoms. The summed E-state index contributed by atoms with van der Waals surface area (Å²) in [5, 5.41) is 3.29. The Morgan fingerprint density at radius 2 is 1.85 bits per heavy atom. The van der Waals surface area contributed by atoms with E-state index in [1.807, 2.05) is 4.90 Å². The summed E-state index contributed by atoms with van der Waals surface area (Å²) in [5.74, 6) is 0.334. The van der Waals surface area contributed by atoms with E-state index in [9.17, 15) is 4.79 Å². The molecule has 1 atom stereocenters. The zero-order chi connectivity index (χ0) is 13.9. The van der Waals surface area contributed by atoms with Crippen molar-refractivity contribution >= 4 is 18.3 Å². The third-order valence-electron chi connectivity index (χ3n) is 4.45. The van der Waals surface area contributed by atoms with Gasteiger partial charge in [0.1, 0.15) is 0 Å². The van der Waals surface area contributed by atoms with Crippen LogP contribution in [0.25, 0.3) is 0 Å². The predicted octanol–water partition coefficient (Wildman–Crippen LogP) is 1.74. The maximum atomic E-state index is 12.2. The van der Waals surface area contributed by atoms with Crippen molar-refractivity contribution in [2.24, 2.45) is 5.41 Å². The van der Waals surface area contributed by atoms with Crippen molar-refractivity contribution in [2.75, 3.05) is 39.3 Å². The SMILES string of the molecule is CC(C)(C)C1CCCN1CCC(=O)N1CCNCC1.Cl. The van der Waals surface area contributed by atoms with E-state index in [4.69, 9.17) is 0 Å². The summed E-state index contributed by atoms with van der Waals surface area (Å²) < 4.78 is 0. The number of likely N-dealkylation sites (tertiary alicyclic amines) is 1. The van der Waals surface area contributed by atoms with E-state index in [0.29, 0.717) is 23.8 Å². The van der Waals surface area contributed by atoms with Crippen molar-refractivity contribution in [2.45, 2.75) is 46.1 Å². The van der Waals surface area contributed by atoms with E-state index in [0.717, 1.165) is 39.3 Å². The lowest BCUT2D eigenvalue weighted by molar-refractivity contribution is -0.132. The van der Waals surface area contributed by atoms with Crippen LogP contribution in [-0.2, 0) is 4.79 Å². The molecule has 0 aromatic carbocycles. The fourth-order valence-electron chi connectivity index (χ4n) is 3.39. The number of halogens is 1. The summed E-state index contributed by atoms with van der Waals surface area (Å²) >= 11 is 0. The molecular formula is C15H30ClN3O. The number of carbonyl (C=O) groups is 1. The molecule has 0 aromatic rings. The van der Waals surface area contributed by atoms with Crippen LogP contribution < -0.4 is 5.32 Å². The molecule has 2 saturated heterocycles. The second-order valence-corrected chi connectivity index (χ2v) is 6.94. The molecule has 5 heteroatoms. The van der Waals surface area contributed by atoms with Gasteiger partial charge in [-0.2, -0.15) is 0 Å². The Bertz CT molecular complexity index is 311. The standard InChI is InChI=1S/C15H29N3O.ClH/c1-15(2,3)13-5-4-9-17(13)10-6-14(19)18-11-7-16-8-12-18;/h13,16H,4-12H2,1-3H3;1H. The van der Waals surface area contributed by atoms with Gasteiger partial charge < -0.3 is 10.2 Å². The van der Waals surface area contributed by atoms with Gasteiger partial charge in [0.15, 0.2) is 0 Å². The number of hydrogen-bond donors (Lipinski definition) is 1. The van der Waals surface area contributed by atoms with E-state index < -0.39 is 0 Å². The largest absolute Gasteiger partial charge is 0.340 e. The van der Waals surface area contributed by atoms with Gasteiger partial charge in [-0.1, -0.05) is 20.8 Å². The minimum atomic E-state index is 0. The zero-order valence-corrected chi connectivity index (χ0v) is 14.0. The van der Waals surface area contributed by atoms with Gasteiger partial charge in [0.25, 0.3) is 0 Å². The van der Waals surface area contributed by atoms with E-state index in [1.54, 1.807) is 0 Å². The number of piperazine rings is 1. The molecule has 2 rings (SSSR count). The molecule has 0 radical (unpaired) electrons. The molecule has 118 valence electrons. The van der Waals surface area contributed by atoms with Crippen LogP contribution in [0.4, 0.5) is 0 Å². The van der Waals surface area contributed by atoms with Crippen LogP contribution in [0, 0.1) is 5.41 Å². The first kappa shape index (κ1) is 17.7. The van der Waals surface area contributed by atoms with Gasteiger partial charge in [-0.15, -0.1) is 12.4 Å².